The zero-order chi connectivity index (χ0) is 18.1. The van der Waals surface area contributed by atoms with E-state index in [1.165, 1.54) is 18.2 Å². The number of nitrogens with two attached hydrogens (primary N) is 1. The highest BCUT2D eigenvalue weighted by atomic mass is 79.9. The molecule has 24 heavy (non-hydrogen) atoms. The molecule has 10 heteroatoms. The average molecular weight is 407 g/mol. The highest BCUT2D eigenvalue weighted by Gasteiger charge is 2.31. The van der Waals surface area contributed by atoms with Crippen molar-refractivity contribution in [2.24, 2.45) is 5.73 Å². The number of nitro groups is 1. The first-order chi connectivity index (χ1) is 11.1. The van der Waals surface area contributed by atoms with Crippen LogP contribution in [0.15, 0.2) is 40.9 Å². The van der Waals surface area contributed by atoms with Gasteiger partial charge in [0.1, 0.15) is 5.75 Å². The Labute approximate surface area is 141 Å². The van der Waals surface area contributed by atoms with Gasteiger partial charge in [0.15, 0.2) is 5.75 Å². The van der Waals surface area contributed by atoms with E-state index in [0.717, 1.165) is 18.2 Å². The minimum Gasteiger partial charge on any atom is -0.502 e. The lowest BCUT2D eigenvalue weighted by Gasteiger charge is -2.15. The second kappa shape index (κ2) is 6.65. The summed E-state index contributed by atoms with van der Waals surface area (Å²) in [7, 11) is 0. The minimum absolute atomic E-state index is 0.0561. The summed E-state index contributed by atoms with van der Waals surface area (Å²) in [6.07, 6.45) is -4.81. The fourth-order valence-corrected chi connectivity index (χ4v) is 2.50. The van der Waals surface area contributed by atoms with Gasteiger partial charge in [-0.15, -0.1) is 13.2 Å². The fourth-order valence-electron chi connectivity index (χ4n) is 2.04. The van der Waals surface area contributed by atoms with E-state index in [4.69, 9.17) is 5.73 Å². The molecular formula is C14H10BrF3N2O4. The van der Waals surface area contributed by atoms with Crippen molar-refractivity contribution in [1.29, 1.82) is 0 Å². The molecule has 0 spiro atoms. The van der Waals surface area contributed by atoms with E-state index < -0.39 is 34.5 Å². The van der Waals surface area contributed by atoms with Crippen LogP contribution in [0.25, 0.3) is 0 Å². The zero-order valence-corrected chi connectivity index (χ0v) is 13.3. The first-order valence-corrected chi connectivity index (χ1v) is 7.16. The second-order valence-electron chi connectivity index (χ2n) is 4.71. The number of nitro benzene ring substituents is 1. The van der Waals surface area contributed by atoms with Crippen LogP contribution in [-0.4, -0.2) is 16.4 Å². The molecule has 0 bridgehead atoms. The van der Waals surface area contributed by atoms with E-state index in [2.05, 4.69) is 20.7 Å². The van der Waals surface area contributed by atoms with E-state index in [9.17, 15) is 28.4 Å². The molecule has 0 aliphatic rings. The Balaban J connectivity index is 2.35. The minimum atomic E-state index is -4.81. The predicted molar refractivity (Wildman–Crippen MR) is 81.6 cm³/mol. The van der Waals surface area contributed by atoms with E-state index in [1.807, 2.05) is 0 Å². The molecule has 6 nitrogen and oxygen atoms in total. The van der Waals surface area contributed by atoms with Crippen LogP contribution in [0.2, 0.25) is 0 Å². The first-order valence-electron chi connectivity index (χ1n) is 6.36. The van der Waals surface area contributed by atoms with Crippen molar-refractivity contribution in [2.75, 3.05) is 0 Å². The van der Waals surface area contributed by atoms with Crippen LogP contribution in [0.3, 0.4) is 0 Å². The molecule has 128 valence electrons. The standard InChI is InChI=1S/C14H10BrF3N2O4/c15-8-5-10(13(21)11(6-8)20(22)23)12(19)7-1-3-9(4-2-7)24-14(16,17)18/h1-6,12,21H,19H2/t12-/m1/s1. The van der Waals surface area contributed by atoms with Gasteiger partial charge >= 0.3 is 12.0 Å². The molecule has 0 unspecified atom stereocenters. The van der Waals surface area contributed by atoms with E-state index in [-0.39, 0.29) is 5.56 Å². The Kier molecular flexibility index (Phi) is 4.99. The summed E-state index contributed by atoms with van der Waals surface area (Å²) < 4.78 is 40.5. The summed E-state index contributed by atoms with van der Waals surface area (Å²) in [6.45, 7) is 0. The highest BCUT2D eigenvalue weighted by Crippen LogP contribution is 2.38. The fraction of sp³-hybridized carbons (Fsp3) is 0.143. The van der Waals surface area contributed by atoms with Crippen molar-refractivity contribution < 1.29 is 27.9 Å². The topological polar surface area (TPSA) is 98.6 Å². The summed E-state index contributed by atoms with van der Waals surface area (Å²) in [5, 5.41) is 20.9. The molecule has 0 heterocycles. The quantitative estimate of drug-likeness (QED) is 0.590. The summed E-state index contributed by atoms with van der Waals surface area (Å²) in [5.41, 5.74) is 5.83. The van der Waals surface area contributed by atoms with Gasteiger partial charge in [-0.2, -0.15) is 0 Å². The molecular weight excluding hydrogens is 397 g/mol. The Morgan fingerprint density at radius 1 is 1.25 bits per heavy atom. The van der Waals surface area contributed by atoms with Gasteiger partial charge in [0.05, 0.1) is 11.0 Å². The van der Waals surface area contributed by atoms with Gasteiger partial charge in [0, 0.05) is 16.1 Å². The molecule has 0 radical (unpaired) electrons. The van der Waals surface area contributed by atoms with Crippen molar-refractivity contribution in [3.8, 4) is 11.5 Å². The number of phenols is 1. The number of aromatic hydroxyl groups is 1. The van der Waals surface area contributed by atoms with Gasteiger partial charge in [-0.1, -0.05) is 28.1 Å². The Hall–Kier alpha value is -2.33. The van der Waals surface area contributed by atoms with Crippen LogP contribution in [-0.2, 0) is 0 Å². The molecule has 0 aliphatic carbocycles. The van der Waals surface area contributed by atoms with Gasteiger partial charge in [-0.25, -0.2) is 0 Å². The summed E-state index contributed by atoms with van der Waals surface area (Å²) >= 11 is 3.08. The van der Waals surface area contributed by atoms with E-state index in [0.29, 0.717) is 10.0 Å². The van der Waals surface area contributed by atoms with E-state index >= 15 is 0 Å². The lowest BCUT2D eigenvalue weighted by atomic mass is 9.98. The zero-order valence-electron chi connectivity index (χ0n) is 11.7. The lowest BCUT2D eigenvalue weighted by molar-refractivity contribution is -0.386. The molecule has 1 atom stereocenters. The summed E-state index contributed by atoms with van der Waals surface area (Å²) in [5.74, 6) is -1.03. The van der Waals surface area contributed by atoms with Crippen molar-refractivity contribution in [1.82, 2.24) is 0 Å². The van der Waals surface area contributed by atoms with Crippen LogP contribution in [0.1, 0.15) is 17.2 Å². The predicted octanol–water partition coefficient (Wildman–Crippen LogP) is 4.01. The molecule has 0 saturated carbocycles. The largest absolute Gasteiger partial charge is 0.573 e. The number of nitrogens with zero attached hydrogens (tertiary/aromatic N) is 1. The third kappa shape index (κ3) is 4.15. The molecule has 3 N–H and O–H groups in total. The maximum atomic E-state index is 12.1. The van der Waals surface area contributed by atoms with Crippen molar-refractivity contribution in [3.63, 3.8) is 0 Å². The Morgan fingerprint density at radius 2 is 1.83 bits per heavy atom. The number of halogens is 4. The van der Waals surface area contributed by atoms with Gasteiger partial charge in [-0.3, -0.25) is 10.1 Å². The Bertz CT molecular complexity index is 766. The second-order valence-corrected chi connectivity index (χ2v) is 5.63. The SMILES string of the molecule is N[C@H](c1ccc(OC(F)(F)F)cc1)c1cc(Br)cc([N+](=O)[O-])c1O. The molecule has 0 fully saturated rings. The number of phenolic OH excluding ortho intramolecular Hbond substituents is 1. The van der Waals surface area contributed by atoms with Crippen LogP contribution < -0.4 is 10.5 Å². The van der Waals surface area contributed by atoms with Crippen LogP contribution in [0, 0.1) is 10.1 Å². The monoisotopic (exact) mass is 406 g/mol. The first kappa shape index (κ1) is 18.0. The molecule has 0 amide bonds. The highest BCUT2D eigenvalue weighted by molar-refractivity contribution is 9.10. The van der Waals surface area contributed by atoms with Crippen LogP contribution in [0.4, 0.5) is 18.9 Å². The number of hydrogen-bond acceptors (Lipinski definition) is 5. The molecule has 0 aliphatic heterocycles. The average Bonchev–Trinajstić information content (AvgIpc) is 2.47. The van der Waals surface area contributed by atoms with Crippen molar-refractivity contribution in [2.45, 2.75) is 12.4 Å². The summed E-state index contributed by atoms with van der Waals surface area (Å²) in [6, 6.07) is 6.20. The van der Waals surface area contributed by atoms with Crippen LogP contribution >= 0.6 is 15.9 Å². The lowest BCUT2D eigenvalue weighted by Crippen LogP contribution is -2.17. The number of hydrogen-bond donors (Lipinski definition) is 2. The molecule has 0 aromatic heterocycles. The van der Waals surface area contributed by atoms with E-state index in [1.54, 1.807) is 0 Å². The van der Waals surface area contributed by atoms with Crippen molar-refractivity contribution >= 4 is 21.6 Å². The third-order valence-corrected chi connectivity index (χ3v) is 3.55. The number of alkyl halides is 3. The molecule has 0 saturated heterocycles. The molecule has 2 aromatic rings. The Morgan fingerprint density at radius 3 is 2.33 bits per heavy atom. The molecule has 2 aromatic carbocycles. The number of rotatable bonds is 4. The van der Waals surface area contributed by atoms with Crippen molar-refractivity contribution in [3.05, 3.63) is 62.1 Å². The van der Waals surface area contributed by atoms with Gasteiger partial charge in [0.2, 0.25) is 0 Å². The maximum absolute atomic E-state index is 12.1. The van der Waals surface area contributed by atoms with Gasteiger partial charge in [-0.05, 0) is 23.8 Å². The van der Waals surface area contributed by atoms with Gasteiger partial charge in [0.25, 0.3) is 0 Å². The normalized spacial score (nSPS) is 12.7. The smallest absolute Gasteiger partial charge is 0.502 e. The maximum Gasteiger partial charge on any atom is 0.573 e. The van der Waals surface area contributed by atoms with Crippen LogP contribution in [0.5, 0.6) is 11.5 Å². The number of benzene rings is 2. The third-order valence-electron chi connectivity index (χ3n) is 3.09. The number of ether oxygens (including phenoxy) is 1. The van der Waals surface area contributed by atoms with Gasteiger partial charge < -0.3 is 15.6 Å². The molecule has 2 rings (SSSR count). The summed E-state index contributed by atoms with van der Waals surface area (Å²) in [4.78, 5) is 10.2.